The van der Waals surface area contributed by atoms with Gasteiger partial charge in [-0.25, -0.2) is 8.42 Å². The second-order valence-electron chi connectivity index (χ2n) is 6.40. The number of nitrogens with one attached hydrogen (secondary N) is 1. The number of nitrogens with zero attached hydrogens (tertiary/aromatic N) is 2. The summed E-state index contributed by atoms with van der Waals surface area (Å²) < 4.78 is 25.8. The predicted molar refractivity (Wildman–Crippen MR) is 108 cm³/mol. The molecular formula is C19H23N3O5S. The molecule has 1 amide bonds. The van der Waals surface area contributed by atoms with Crippen LogP contribution in [0.15, 0.2) is 48.5 Å². The molecule has 0 saturated carbocycles. The van der Waals surface area contributed by atoms with Gasteiger partial charge in [0.05, 0.1) is 16.9 Å². The fourth-order valence-corrected chi connectivity index (χ4v) is 4.12. The third kappa shape index (κ3) is 5.07. The minimum absolute atomic E-state index is 0.0783. The van der Waals surface area contributed by atoms with E-state index in [0.29, 0.717) is 0 Å². The van der Waals surface area contributed by atoms with E-state index in [0.717, 1.165) is 27.8 Å². The van der Waals surface area contributed by atoms with Crippen molar-refractivity contribution < 1.29 is 18.1 Å². The highest BCUT2D eigenvalue weighted by atomic mass is 32.2. The molecule has 150 valence electrons. The van der Waals surface area contributed by atoms with E-state index < -0.39 is 26.9 Å². The van der Waals surface area contributed by atoms with E-state index in [9.17, 15) is 23.3 Å². The molecule has 1 atom stereocenters. The van der Waals surface area contributed by atoms with Crippen molar-refractivity contribution in [1.29, 1.82) is 0 Å². The zero-order valence-electron chi connectivity index (χ0n) is 16.0. The molecule has 0 fully saturated rings. The second-order valence-corrected chi connectivity index (χ2v) is 8.26. The molecule has 0 saturated heterocycles. The molecule has 2 aromatic carbocycles. The first-order chi connectivity index (χ1) is 13.1. The number of carbonyl (C=O) groups excluding carboxylic acids is 1. The van der Waals surface area contributed by atoms with Crippen molar-refractivity contribution in [3.8, 4) is 0 Å². The lowest BCUT2D eigenvalue weighted by atomic mass is 10.1. The van der Waals surface area contributed by atoms with Gasteiger partial charge < -0.3 is 5.32 Å². The number of non-ortho nitro benzene ring substituents is 1. The fourth-order valence-electron chi connectivity index (χ4n) is 2.91. The number of nitro benzene ring substituents is 1. The first-order valence-corrected chi connectivity index (χ1v) is 10.6. The minimum Gasteiger partial charge on any atom is -0.350 e. The van der Waals surface area contributed by atoms with Gasteiger partial charge in [-0.3, -0.25) is 19.2 Å². The van der Waals surface area contributed by atoms with Gasteiger partial charge in [-0.1, -0.05) is 37.3 Å². The van der Waals surface area contributed by atoms with E-state index >= 15 is 0 Å². The van der Waals surface area contributed by atoms with Gasteiger partial charge in [-0.2, -0.15) is 0 Å². The molecule has 0 radical (unpaired) electrons. The largest absolute Gasteiger partial charge is 0.350 e. The van der Waals surface area contributed by atoms with Crippen molar-refractivity contribution >= 4 is 27.3 Å². The molecule has 0 aliphatic carbocycles. The Labute approximate surface area is 164 Å². The number of carbonyl (C=O) groups is 1. The van der Waals surface area contributed by atoms with Gasteiger partial charge in [0.15, 0.2) is 0 Å². The normalized spacial score (nSPS) is 12.2. The molecule has 0 bridgehead atoms. The molecule has 0 aliphatic rings. The number of amides is 1. The number of hydrogen-bond donors (Lipinski definition) is 1. The van der Waals surface area contributed by atoms with Crippen LogP contribution in [0, 0.1) is 17.0 Å². The lowest BCUT2D eigenvalue weighted by Crippen LogP contribution is -2.49. The number of benzene rings is 2. The number of aryl methyl sites for hydroxylation is 1. The minimum atomic E-state index is -3.86. The summed E-state index contributed by atoms with van der Waals surface area (Å²) in [4.78, 5) is 23.2. The van der Waals surface area contributed by atoms with Crippen molar-refractivity contribution in [2.24, 2.45) is 0 Å². The fraction of sp³-hybridized carbons (Fsp3) is 0.316. The zero-order valence-corrected chi connectivity index (χ0v) is 16.8. The van der Waals surface area contributed by atoms with Crippen LogP contribution >= 0.6 is 0 Å². The van der Waals surface area contributed by atoms with Crippen LogP contribution in [0.5, 0.6) is 0 Å². The molecule has 8 nitrogen and oxygen atoms in total. The Kier molecular flexibility index (Phi) is 6.74. The van der Waals surface area contributed by atoms with Crippen LogP contribution in [0.3, 0.4) is 0 Å². The Balaban J connectivity index is 2.33. The van der Waals surface area contributed by atoms with Crippen LogP contribution in [0.25, 0.3) is 0 Å². The van der Waals surface area contributed by atoms with Gasteiger partial charge >= 0.3 is 0 Å². The summed E-state index contributed by atoms with van der Waals surface area (Å²) in [5.41, 5.74) is 1.76. The summed E-state index contributed by atoms with van der Waals surface area (Å²) in [6.07, 6.45) is 1.18. The monoisotopic (exact) mass is 405 g/mol. The Morgan fingerprint density at radius 2 is 1.89 bits per heavy atom. The quantitative estimate of drug-likeness (QED) is 0.536. The van der Waals surface area contributed by atoms with Gasteiger partial charge in [0.25, 0.3) is 5.69 Å². The van der Waals surface area contributed by atoms with E-state index in [1.807, 2.05) is 31.2 Å². The topological polar surface area (TPSA) is 110 Å². The van der Waals surface area contributed by atoms with Crippen molar-refractivity contribution in [2.75, 3.05) is 10.6 Å². The van der Waals surface area contributed by atoms with E-state index in [4.69, 9.17) is 0 Å². The molecule has 2 aromatic rings. The number of rotatable bonds is 8. The van der Waals surface area contributed by atoms with Crippen LogP contribution in [0.4, 0.5) is 11.4 Å². The SMILES string of the molecule is CC[C@@H](C(=O)NCc1ccccc1C)N(c1cccc([N+](=O)[O-])c1)S(C)(=O)=O. The molecule has 28 heavy (non-hydrogen) atoms. The predicted octanol–water partition coefficient (Wildman–Crippen LogP) is 2.76. The summed E-state index contributed by atoms with van der Waals surface area (Å²) in [7, 11) is -3.86. The van der Waals surface area contributed by atoms with Crippen LogP contribution in [0.1, 0.15) is 24.5 Å². The van der Waals surface area contributed by atoms with Gasteiger partial charge in [0, 0.05) is 18.7 Å². The van der Waals surface area contributed by atoms with Crippen LogP contribution < -0.4 is 9.62 Å². The average Bonchev–Trinajstić information content (AvgIpc) is 2.64. The maximum Gasteiger partial charge on any atom is 0.271 e. The Bertz CT molecular complexity index is 975. The smallest absolute Gasteiger partial charge is 0.271 e. The van der Waals surface area contributed by atoms with E-state index in [1.54, 1.807) is 6.92 Å². The number of hydrogen-bond acceptors (Lipinski definition) is 5. The highest BCUT2D eigenvalue weighted by molar-refractivity contribution is 7.92. The highest BCUT2D eigenvalue weighted by Crippen LogP contribution is 2.26. The molecule has 0 aliphatic heterocycles. The average molecular weight is 405 g/mol. The van der Waals surface area contributed by atoms with E-state index in [1.165, 1.54) is 18.2 Å². The first kappa shape index (κ1) is 21.4. The van der Waals surface area contributed by atoms with Crippen molar-refractivity contribution in [3.63, 3.8) is 0 Å². The Morgan fingerprint density at radius 1 is 1.21 bits per heavy atom. The standard InChI is InChI=1S/C19H23N3O5S/c1-4-18(19(23)20-13-15-9-6-5-8-14(15)2)21(28(3,26)27)16-10-7-11-17(12-16)22(24)25/h5-12,18H,4,13H2,1-3H3,(H,20,23)/t18-/m0/s1. The number of anilines is 1. The van der Waals surface area contributed by atoms with Gasteiger partial charge in [-0.05, 0) is 30.5 Å². The third-order valence-corrected chi connectivity index (χ3v) is 5.52. The highest BCUT2D eigenvalue weighted by Gasteiger charge is 2.32. The van der Waals surface area contributed by atoms with Crippen LogP contribution in [-0.4, -0.2) is 31.5 Å². The molecule has 9 heteroatoms. The maximum atomic E-state index is 12.8. The summed E-state index contributed by atoms with van der Waals surface area (Å²) in [5, 5.41) is 13.8. The first-order valence-electron chi connectivity index (χ1n) is 8.71. The molecule has 0 aromatic heterocycles. The molecule has 2 rings (SSSR count). The van der Waals surface area contributed by atoms with Crippen molar-refractivity contribution in [3.05, 3.63) is 69.8 Å². The Hall–Kier alpha value is -2.94. The van der Waals surface area contributed by atoms with E-state index in [2.05, 4.69) is 5.32 Å². The lowest BCUT2D eigenvalue weighted by Gasteiger charge is -2.30. The van der Waals surface area contributed by atoms with Crippen molar-refractivity contribution in [2.45, 2.75) is 32.9 Å². The third-order valence-electron chi connectivity index (χ3n) is 4.34. The van der Waals surface area contributed by atoms with Gasteiger partial charge in [-0.15, -0.1) is 0 Å². The number of sulfonamides is 1. The molecule has 0 spiro atoms. The lowest BCUT2D eigenvalue weighted by molar-refractivity contribution is -0.384. The number of nitro groups is 1. The summed E-state index contributed by atoms with van der Waals surface area (Å²) in [6.45, 7) is 3.87. The second kappa shape index (κ2) is 8.83. The van der Waals surface area contributed by atoms with E-state index in [-0.39, 0.29) is 24.3 Å². The molecular weight excluding hydrogens is 382 g/mol. The molecule has 0 unspecified atom stereocenters. The van der Waals surface area contributed by atoms with Crippen LogP contribution in [0.2, 0.25) is 0 Å². The Morgan fingerprint density at radius 3 is 2.46 bits per heavy atom. The zero-order chi connectivity index (χ0) is 20.9. The summed E-state index contributed by atoms with van der Waals surface area (Å²) in [6, 6.07) is 11.8. The molecule has 1 N–H and O–H groups in total. The van der Waals surface area contributed by atoms with Gasteiger partial charge in [0.2, 0.25) is 15.9 Å². The summed E-state index contributed by atoms with van der Waals surface area (Å²) in [5.74, 6) is -0.470. The van der Waals surface area contributed by atoms with Crippen molar-refractivity contribution in [1.82, 2.24) is 5.32 Å². The summed E-state index contributed by atoms with van der Waals surface area (Å²) >= 11 is 0. The molecule has 0 heterocycles. The van der Waals surface area contributed by atoms with Gasteiger partial charge in [0.1, 0.15) is 6.04 Å². The van der Waals surface area contributed by atoms with Crippen LogP contribution in [-0.2, 0) is 21.4 Å². The maximum absolute atomic E-state index is 12.8.